The lowest BCUT2D eigenvalue weighted by molar-refractivity contribution is -0.145. The fourth-order valence-corrected chi connectivity index (χ4v) is 3.64. The largest absolute Gasteiger partial charge is 0.482 e. The van der Waals surface area contributed by atoms with Crippen molar-refractivity contribution < 1.29 is 47.9 Å². The maximum Gasteiger partial charge on any atom is 0.412 e. The van der Waals surface area contributed by atoms with Crippen LogP contribution in [0.1, 0.15) is 51.7 Å². The zero-order chi connectivity index (χ0) is 32.3. The van der Waals surface area contributed by atoms with Crippen LogP contribution in [-0.2, 0) is 41.4 Å². The molecule has 12 nitrogen and oxygen atoms in total. The van der Waals surface area contributed by atoms with E-state index in [4.69, 9.17) is 39.3 Å². The Kier molecular flexibility index (Phi) is 17.2. The molecule has 240 valence electrons. The Morgan fingerprint density at radius 3 is 1.95 bits per heavy atom. The Balaban J connectivity index is 0.000000469. The maximum absolute atomic E-state index is 11.9. The van der Waals surface area contributed by atoms with E-state index in [1.165, 1.54) is 0 Å². The minimum absolute atomic E-state index is 0.163. The third-order valence-corrected chi connectivity index (χ3v) is 5.38. The number of nitrogens with one attached hydrogen (secondary N) is 1. The van der Waals surface area contributed by atoms with Gasteiger partial charge in [-0.25, -0.2) is 14.4 Å². The number of nitrogen functional groups attached to an aromatic ring is 1. The van der Waals surface area contributed by atoms with Crippen LogP contribution in [-0.4, -0.2) is 76.0 Å². The predicted octanol–water partition coefficient (Wildman–Crippen LogP) is 4.87. The van der Waals surface area contributed by atoms with Gasteiger partial charge in [-0.2, -0.15) is 0 Å². The van der Waals surface area contributed by atoms with E-state index in [0.29, 0.717) is 49.1 Å². The summed E-state index contributed by atoms with van der Waals surface area (Å²) in [5, 5.41) is 11.3. The number of carboxylic acids is 1. The van der Waals surface area contributed by atoms with Gasteiger partial charge in [-0.15, -0.1) is 0 Å². The first-order valence-corrected chi connectivity index (χ1v) is 14.0. The van der Waals surface area contributed by atoms with E-state index in [1.807, 2.05) is 0 Å². The molecule has 0 unspecified atom stereocenters. The molecule has 2 aromatic rings. The number of ether oxygens (including phenoxy) is 6. The van der Waals surface area contributed by atoms with Gasteiger partial charge in [0.15, 0.2) is 13.2 Å². The molecule has 43 heavy (non-hydrogen) atoms. The van der Waals surface area contributed by atoms with Crippen molar-refractivity contribution in [2.45, 2.75) is 59.0 Å². The van der Waals surface area contributed by atoms with Gasteiger partial charge in [0.05, 0.1) is 6.61 Å². The van der Waals surface area contributed by atoms with Crippen LogP contribution in [0.4, 0.5) is 16.2 Å². The monoisotopic (exact) mass is 606 g/mol. The van der Waals surface area contributed by atoms with E-state index < -0.39 is 23.6 Å². The second-order valence-electron chi connectivity index (χ2n) is 10.3. The molecular weight excluding hydrogens is 560 g/mol. The summed E-state index contributed by atoms with van der Waals surface area (Å²) >= 11 is 0. The minimum atomic E-state index is -0.996. The Morgan fingerprint density at radius 1 is 0.860 bits per heavy atom. The van der Waals surface area contributed by atoms with Gasteiger partial charge in [0, 0.05) is 38.8 Å². The lowest BCUT2D eigenvalue weighted by Crippen LogP contribution is -2.27. The van der Waals surface area contributed by atoms with Gasteiger partial charge >= 0.3 is 18.0 Å². The predicted molar refractivity (Wildman–Crippen MR) is 163 cm³/mol. The number of esters is 1. The van der Waals surface area contributed by atoms with Gasteiger partial charge in [0.2, 0.25) is 0 Å². The van der Waals surface area contributed by atoms with Crippen LogP contribution < -0.4 is 20.5 Å². The smallest absolute Gasteiger partial charge is 0.412 e. The maximum atomic E-state index is 11.9. The van der Waals surface area contributed by atoms with Gasteiger partial charge in [-0.1, -0.05) is 0 Å². The SMILES string of the molecule is CCOC(=O)COc1ccc(NC(=O)OC(C)(C)C)cc1CCCOC.COCCCc1cc(N)ccc1OCC(=O)O. The number of nitrogens with two attached hydrogens (primary N) is 1. The summed E-state index contributed by atoms with van der Waals surface area (Å²) in [5.74, 6) is -0.280. The summed E-state index contributed by atoms with van der Waals surface area (Å²) in [5.41, 5.74) is 8.11. The molecule has 4 N–H and O–H groups in total. The van der Waals surface area contributed by atoms with Crippen LogP contribution >= 0.6 is 0 Å². The second kappa shape index (κ2) is 20.0. The van der Waals surface area contributed by atoms with Crippen molar-refractivity contribution in [3.63, 3.8) is 0 Å². The second-order valence-corrected chi connectivity index (χ2v) is 10.3. The molecule has 1 amide bonds. The van der Waals surface area contributed by atoms with E-state index in [1.54, 1.807) is 78.3 Å². The fourth-order valence-electron chi connectivity index (χ4n) is 3.64. The number of hydrogen-bond donors (Lipinski definition) is 3. The van der Waals surface area contributed by atoms with Crippen molar-refractivity contribution in [3.8, 4) is 11.5 Å². The Hall–Kier alpha value is -4.03. The molecule has 0 bridgehead atoms. The zero-order valence-electron chi connectivity index (χ0n) is 26.0. The van der Waals surface area contributed by atoms with Crippen molar-refractivity contribution in [1.82, 2.24) is 0 Å². The van der Waals surface area contributed by atoms with Crippen LogP contribution in [0, 0.1) is 0 Å². The van der Waals surface area contributed by atoms with Crippen LogP contribution in [0.15, 0.2) is 36.4 Å². The number of benzene rings is 2. The molecule has 0 heterocycles. The Morgan fingerprint density at radius 2 is 1.42 bits per heavy atom. The van der Waals surface area contributed by atoms with Crippen molar-refractivity contribution in [1.29, 1.82) is 0 Å². The molecule has 2 rings (SSSR count). The molecule has 0 saturated heterocycles. The van der Waals surface area contributed by atoms with Crippen LogP contribution in [0.5, 0.6) is 11.5 Å². The lowest BCUT2D eigenvalue weighted by atomic mass is 10.1. The van der Waals surface area contributed by atoms with Gasteiger partial charge < -0.3 is 39.3 Å². The molecule has 0 aliphatic heterocycles. The molecule has 0 saturated carbocycles. The third kappa shape index (κ3) is 16.9. The minimum Gasteiger partial charge on any atom is -0.482 e. The number of aliphatic carboxylic acids is 1. The van der Waals surface area contributed by atoms with E-state index in [0.717, 1.165) is 30.4 Å². The van der Waals surface area contributed by atoms with Gasteiger partial charge in [-0.3, -0.25) is 5.32 Å². The summed E-state index contributed by atoms with van der Waals surface area (Å²) in [6.45, 7) is 8.19. The Bertz CT molecular complexity index is 1150. The lowest BCUT2D eigenvalue weighted by Gasteiger charge is -2.20. The number of hydrogen-bond acceptors (Lipinski definition) is 10. The molecule has 12 heteroatoms. The average Bonchev–Trinajstić information content (AvgIpc) is 2.92. The van der Waals surface area contributed by atoms with Crippen molar-refractivity contribution >= 4 is 29.4 Å². The fraction of sp³-hybridized carbons (Fsp3) is 0.516. The zero-order valence-corrected chi connectivity index (χ0v) is 26.0. The number of carbonyl (C=O) groups is 3. The summed E-state index contributed by atoms with van der Waals surface area (Å²) in [4.78, 5) is 33.9. The quantitative estimate of drug-likeness (QED) is 0.136. The van der Waals surface area contributed by atoms with Crippen molar-refractivity contribution in [2.75, 3.05) is 58.3 Å². The van der Waals surface area contributed by atoms with E-state index in [-0.39, 0.29) is 13.2 Å². The first-order valence-electron chi connectivity index (χ1n) is 14.0. The molecule has 0 spiro atoms. The first-order chi connectivity index (χ1) is 20.4. The number of methoxy groups -OCH3 is 2. The molecule has 0 aromatic heterocycles. The highest BCUT2D eigenvalue weighted by Gasteiger charge is 2.17. The number of aryl methyl sites for hydroxylation is 2. The molecule has 2 aromatic carbocycles. The first kappa shape index (κ1) is 37.0. The number of carboxylic acid groups (broad SMARTS) is 1. The van der Waals surface area contributed by atoms with Crippen molar-refractivity contribution in [2.24, 2.45) is 0 Å². The topological polar surface area (TPSA) is 165 Å². The molecular formula is C31H46N2O10. The average molecular weight is 607 g/mol. The summed E-state index contributed by atoms with van der Waals surface area (Å²) in [7, 11) is 3.28. The summed E-state index contributed by atoms with van der Waals surface area (Å²) < 4.78 is 30.9. The van der Waals surface area contributed by atoms with Gasteiger partial charge in [0.25, 0.3) is 0 Å². The Labute approximate surface area is 253 Å². The number of anilines is 2. The van der Waals surface area contributed by atoms with E-state index in [9.17, 15) is 14.4 Å². The third-order valence-electron chi connectivity index (χ3n) is 5.38. The number of carbonyl (C=O) groups excluding carboxylic acids is 2. The van der Waals surface area contributed by atoms with E-state index in [2.05, 4.69) is 5.32 Å². The van der Waals surface area contributed by atoms with Gasteiger partial charge in [0.1, 0.15) is 17.1 Å². The van der Waals surface area contributed by atoms with Crippen LogP contribution in [0.25, 0.3) is 0 Å². The van der Waals surface area contributed by atoms with Crippen LogP contribution in [0.2, 0.25) is 0 Å². The molecule has 0 atom stereocenters. The highest BCUT2D eigenvalue weighted by molar-refractivity contribution is 5.85. The number of amides is 1. The van der Waals surface area contributed by atoms with Gasteiger partial charge in [-0.05, 0) is 101 Å². The summed E-state index contributed by atoms with van der Waals surface area (Å²) in [6, 6.07) is 10.4. The molecule has 0 aliphatic rings. The molecule has 0 aliphatic carbocycles. The molecule has 0 fully saturated rings. The normalized spacial score (nSPS) is 10.7. The summed E-state index contributed by atoms with van der Waals surface area (Å²) in [6.07, 6.45) is 2.51. The highest BCUT2D eigenvalue weighted by Crippen LogP contribution is 2.25. The van der Waals surface area contributed by atoms with Crippen LogP contribution in [0.3, 0.4) is 0 Å². The highest BCUT2D eigenvalue weighted by atomic mass is 16.6. The molecule has 0 radical (unpaired) electrons. The van der Waals surface area contributed by atoms with E-state index >= 15 is 0 Å². The standard InChI is InChI=1S/C19H29NO6.C12H17NO4/c1-6-24-17(21)13-25-16-10-9-15(12-14(16)8-7-11-23-5)20-18(22)26-19(2,3)4;1-16-6-2-3-9-7-10(13)4-5-11(9)17-8-12(14)15/h9-10,12H,6-8,11,13H2,1-5H3,(H,20,22);4-5,7H,2-3,6,8,13H2,1H3,(H,14,15). The number of rotatable bonds is 16. The van der Waals surface area contributed by atoms with Crippen molar-refractivity contribution in [3.05, 3.63) is 47.5 Å².